The van der Waals surface area contributed by atoms with Crippen LogP contribution >= 0.6 is 23.4 Å². The lowest BCUT2D eigenvalue weighted by molar-refractivity contribution is 0.0827. The average Bonchev–Trinajstić information content (AvgIpc) is 2.43. The number of likely N-dealkylation sites (N-methyl/N-ethyl adjacent to an activating group) is 1. The minimum atomic E-state index is -0.113. The fourth-order valence-corrected chi connectivity index (χ4v) is 3.05. The average molecular weight is 300 g/mol. The van der Waals surface area contributed by atoms with Gasteiger partial charge in [0.05, 0.1) is 6.04 Å². The first-order valence-electron chi connectivity index (χ1n) is 6.51. The molecule has 0 aliphatic heterocycles. The maximum atomic E-state index is 12.4. The number of hydrogen-bond acceptors (Lipinski definition) is 3. The maximum absolute atomic E-state index is 12.4. The Morgan fingerprint density at radius 3 is 2.42 bits per heavy atom. The van der Waals surface area contributed by atoms with Crippen LogP contribution in [0.15, 0.2) is 24.3 Å². The number of carbonyl (C=O) groups is 1. The minimum absolute atomic E-state index is 0.113. The molecule has 2 unspecified atom stereocenters. The SMILES string of the molecule is CCC(CSC)N(C)C(C)C(=O)c1ccc(Cl)cc1. The van der Waals surface area contributed by atoms with E-state index in [9.17, 15) is 4.79 Å². The molecule has 0 radical (unpaired) electrons. The number of nitrogens with zero attached hydrogens (tertiary/aromatic N) is 1. The van der Waals surface area contributed by atoms with Crippen LogP contribution < -0.4 is 0 Å². The molecule has 0 saturated carbocycles. The Hall–Kier alpha value is -0.510. The molecular weight excluding hydrogens is 278 g/mol. The van der Waals surface area contributed by atoms with Gasteiger partial charge in [-0.05, 0) is 50.9 Å². The summed E-state index contributed by atoms with van der Waals surface area (Å²) in [4.78, 5) is 14.6. The molecule has 4 heteroatoms. The lowest BCUT2D eigenvalue weighted by Crippen LogP contribution is -2.44. The van der Waals surface area contributed by atoms with Gasteiger partial charge in [-0.2, -0.15) is 11.8 Å². The van der Waals surface area contributed by atoms with Crippen LogP contribution in [0.3, 0.4) is 0 Å². The third kappa shape index (κ3) is 4.51. The smallest absolute Gasteiger partial charge is 0.179 e. The highest BCUT2D eigenvalue weighted by Gasteiger charge is 2.24. The van der Waals surface area contributed by atoms with Crippen LogP contribution in [-0.2, 0) is 0 Å². The molecule has 1 rings (SSSR count). The van der Waals surface area contributed by atoms with Crippen LogP contribution in [0.1, 0.15) is 30.6 Å². The summed E-state index contributed by atoms with van der Waals surface area (Å²) in [5.74, 6) is 1.20. The highest BCUT2D eigenvalue weighted by Crippen LogP contribution is 2.16. The van der Waals surface area contributed by atoms with Crippen LogP contribution in [-0.4, -0.2) is 41.8 Å². The summed E-state index contributed by atoms with van der Waals surface area (Å²) in [6, 6.07) is 7.44. The normalized spacial score (nSPS) is 14.4. The summed E-state index contributed by atoms with van der Waals surface area (Å²) in [5, 5.41) is 0.659. The molecule has 1 aromatic rings. The van der Waals surface area contributed by atoms with Crippen molar-refractivity contribution in [3.8, 4) is 0 Å². The van der Waals surface area contributed by atoms with E-state index in [0.29, 0.717) is 11.1 Å². The number of thioether (sulfide) groups is 1. The second-order valence-corrected chi connectivity index (χ2v) is 6.08. The molecule has 0 fully saturated rings. The van der Waals surface area contributed by atoms with Crippen LogP contribution in [0.5, 0.6) is 0 Å². The largest absolute Gasteiger partial charge is 0.293 e. The number of halogens is 1. The Labute approximate surface area is 125 Å². The zero-order valence-electron chi connectivity index (χ0n) is 12.0. The molecule has 0 N–H and O–H groups in total. The highest BCUT2D eigenvalue weighted by molar-refractivity contribution is 7.98. The fourth-order valence-electron chi connectivity index (χ4n) is 2.07. The standard InChI is InChI=1S/C15H22ClNOS/c1-5-14(10-19-4)17(3)11(2)15(18)12-6-8-13(16)9-7-12/h6-9,11,14H,5,10H2,1-4H3. The summed E-state index contributed by atoms with van der Waals surface area (Å²) < 4.78 is 0. The summed E-state index contributed by atoms with van der Waals surface area (Å²) >= 11 is 7.67. The minimum Gasteiger partial charge on any atom is -0.293 e. The van der Waals surface area contributed by atoms with E-state index in [4.69, 9.17) is 11.6 Å². The van der Waals surface area contributed by atoms with Crippen molar-refractivity contribution in [2.45, 2.75) is 32.4 Å². The Bertz CT molecular complexity index is 407. The topological polar surface area (TPSA) is 20.3 Å². The molecule has 2 atom stereocenters. The van der Waals surface area contributed by atoms with Crippen LogP contribution in [0, 0.1) is 0 Å². The van der Waals surface area contributed by atoms with E-state index in [1.165, 1.54) is 0 Å². The molecule has 0 spiro atoms. The van der Waals surface area contributed by atoms with Crippen LogP contribution in [0.25, 0.3) is 0 Å². The van der Waals surface area contributed by atoms with Crippen molar-refractivity contribution in [1.82, 2.24) is 4.90 Å². The van der Waals surface area contributed by atoms with Crippen molar-refractivity contribution in [1.29, 1.82) is 0 Å². The van der Waals surface area contributed by atoms with Crippen molar-refractivity contribution < 1.29 is 4.79 Å². The molecule has 19 heavy (non-hydrogen) atoms. The van der Waals surface area contributed by atoms with Gasteiger partial charge < -0.3 is 0 Å². The molecule has 0 saturated heterocycles. The second kappa shape index (κ2) is 7.93. The van der Waals surface area contributed by atoms with Gasteiger partial charge in [0.1, 0.15) is 0 Å². The van der Waals surface area contributed by atoms with Gasteiger partial charge in [0.25, 0.3) is 0 Å². The zero-order chi connectivity index (χ0) is 14.4. The molecule has 0 amide bonds. The Morgan fingerprint density at radius 1 is 1.37 bits per heavy atom. The van der Waals surface area contributed by atoms with E-state index in [1.807, 2.05) is 25.7 Å². The van der Waals surface area contributed by atoms with Gasteiger partial charge in [-0.1, -0.05) is 18.5 Å². The number of carbonyl (C=O) groups excluding carboxylic acids is 1. The monoisotopic (exact) mass is 299 g/mol. The summed E-state index contributed by atoms with van der Waals surface area (Å²) in [5.41, 5.74) is 0.725. The van der Waals surface area contributed by atoms with Gasteiger partial charge in [-0.15, -0.1) is 0 Å². The first kappa shape index (κ1) is 16.5. The van der Waals surface area contributed by atoms with Crippen molar-refractivity contribution in [3.05, 3.63) is 34.9 Å². The van der Waals surface area contributed by atoms with Crippen molar-refractivity contribution >= 4 is 29.1 Å². The molecule has 0 heterocycles. The van der Waals surface area contributed by atoms with Crippen molar-refractivity contribution in [3.63, 3.8) is 0 Å². The summed E-state index contributed by atoms with van der Waals surface area (Å²) in [6.45, 7) is 4.14. The lowest BCUT2D eigenvalue weighted by atomic mass is 10.0. The van der Waals surface area contributed by atoms with Crippen molar-refractivity contribution in [2.75, 3.05) is 19.1 Å². The number of rotatable bonds is 7. The quantitative estimate of drug-likeness (QED) is 0.710. The highest BCUT2D eigenvalue weighted by atomic mass is 35.5. The molecular formula is C15H22ClNOS. The molecule has 106 valence electrons. The predicted octanol–water partition coefficient (Wildman–Crippen LogP) is 3.98. The van der Waals surface area contributed by atoms with E-state index in [2.05, 4.69) is 18.1 Å². The summed E-state index contributed by atoms with van der Waals surface area (Å²) in [6.07, 6.45) is 3.15. The number of Topliss-reactive ketones (excluding diaryl/α,β-unsaturated/α-hetero) is 1. The van der Waals surface area contributed by atoms with Crippen LogP contribution in [0.4, 0.5) is 0 Å². The van der Waals surface area contributed by atoms with E-state index >= 15 is 0 Å². The molecule has 0 aromatic heterocycles. The van der Waals surface area contributed by atoms with Crippen LogP contribution in [0.2, 0.25) is 5.02 Å². The Kier molecular flexibility index (Phi) is 6.90. The molecule has 0 aliphatic rings. The first-order valence-corrected chi connectivity index (χ1v) is 8.29. The van der Waals surface area contributed by atoms with E-state index < -0.39 is 0 Å². The third-order valence-corrected chi connectivity index (χ3v) is 4.50. The van der Waals surface area contributed by atoms with Gasteiger partial charge >= 0.3 is 0 Å². The predicted molar refractivity (Wildman–Crippen MR) is 85.5 cm³/mol. The molecule has 0 bridgehead atoms. The second-order valence-electron chi connectivity index (χ2n) is 4.73. The van der Waals surface area contributed by atoms with Gasteiger partial charge in [0.15, 0.2) is 5.78 Å². The first-order chi connectivity index (χ1) is 9.01. The summed E-state index contributed by atoms with van der Waals surface area (Å²) in [7, 11) is 2.03. The van der Waals surface area contributed by atoms with E-state index in [1.54, 1.807) is 24.3 Å². The molecule has 0 aliphatic carbocycles. The third-order valence-electron chi connectivity index (χ3n) is 3.53. The van der Waals surface area contributed by atoms with Gasteiger partial charge in [0, 0.05) is 22.4 Å². The Balaban J connectivity index is 2.78. The molecule has 2 nitrogen and oxygen atoms in total. The number of ketones is 1. The fraction of sp³-hybridized carbons (Fsp3) is 0.533. The van der Waals surface area contributed by atoms with Gasteiger partial charge in [-0.25, -0.2) is 0 Å². The lowest BCUT2D eigenvalue weighted by Gasteiger charge is -2.31. The maximum Gasteiger partial charge on any atom is 0.179 e. The van der Waals surface area contributed by atoms with Crippen molar-refractivity contribution in [2.24, 2.45) is 0 Å². The van der Waals surface area contributed by atoms with E-state index in [-0.39, 0.29) is 11.8 Å². The van der Waals surface area contributed by atoms with E-state index in [0.717, 1.165) is 17.7 Å². The Morgan fingerprint density at radius 2 is 1.95 bits per heavy atom. The molecule has 1 aromatic carbocycles. The van der Waals surface area contributed by atoms with Gasteiger partial charge in [-0.3, -0.25) is 9.69 Å². The van der Waals surface area contributed by atoms with Gasteiger partial charge in [0.2, 0.25) is 0 Å². The number of hydrogen-bond donors (Lipinski definition) is 0. The number of benzene rings is 1. The zero-order valence-corrected chi connectivity index (χ0v) is 13.6.